The Morgan fingerprint density at radius 3 is 2.64 bits per heavy atom. The summed E-state index contributed by atoms with van der Waals surface area (Å²) >= 11 is 3.13. The molecule has 1 heterocycles. The monoisotopic (exact) mass is 448 g/mol. The van der Waals surface area contributed by atoms with Crippen LogP contribution in [0.5, 0.6) is 0 Å². The van der Waals surface area contributed by atoms with Crippen LogP contribution in [0.15, 0.2) is 46.9 Å². The Balaban J connectivity index is 1.53. The fourth-order valence-corrected chi connectivity index (χ4v) is 3.20. The van der Waals surface area contributed by atoms with Crippen molar-refractivity contribution >= 4 is 45.1 Å². The second-order valence-corrected chi connectivity index (χ2v) is 7.44. The van der Waals surface area contributed by atoms with Crippen molar-refractivity contribution in [3.8, 4) is 0 Å². The van der Waals surface area contributed by atoms with Gasteiger partial charge in [-0.3, -0.25) is 14.4 Å². The number of nitrogens with one attached hydrogen (secondary N) is 1. The Morgan fingerprint density at radius 2 is 1.96 bits per heavy atom. The zero-order valence-electron chi connectivity index (χ0n) is 15.1. The summed E-state index contributed by atoms with van der Waals surface area (Å²) in [5.74, 6) is -2.72. The molecule has 2 aromatic carbocycles. The van der Waals surface area contributed by atoms with Gasteiger partial charge in [0, 0.05) is 23.1 Å². The predicted octanol–water partition coefficient (Wildman–Crippen LogP) is 3.43. The third-order valence-corrected chi connectivity index (χ3v) is 4.85. The normalized spacial score (nSPS) is 16.2. The van der Waals surface area contributed by atoms with Crippen molar-refractivity contribution in [1.82, 2.24) is 0 Å². The average molecular weight is 449 g/mol. The lowest BCUT2D eigenvalue weighted by Gasteiger charge is -2.16. The van der Waals surface area contributed by atoms with E-state index in [1.807, 2.05) is 31.2 Å². The van der Waals surface area contributed by atoms with Gasteiger partial charge in [-0.05, 0) is 37.3 Å². The molecule has 2 aromatic rings. The van der Waals surface area contributed by atoms with Gasteiger partial charge in [-0.25, -0.2) is 4.39 Å². The molecule has 3 rings (SSSR count). The number of rotatable bonds is 5. The number of halogens is 2. The highest BCUT2D eigenvalue weighted by Gasteiger charge is 2.36. The summed E-state index contributed by atoms with van der Waals surface area (Å²) in [7, 11) is 0. The molecule has 1 aliphatic rings. The van der Waals surface area contributed by atoms with Gasteiger partial charge in [0.15, 0.2) is 6.61 Å². The standard InChI is InChI=1S/C20H18BrFN2O4/c1-12-2-5-15(6-3-12)24-10-13(8-19(24)26)20(27)28-11-18(25)23-17-7-4-14(21)9-16(17)22/h2-7,9,13H,8,10-11H2,1H3,(H,23,25)/t13-/m1/s1. The summed E-state index contributed by atoms with van der Waals surface area (Å²) in [4.78, 5) is 37.9. The van der Waals surface area contributed by atoms with E-state index in [2.05, 4.69) is 21.2 Å². The first-order valence-electron chi connectivity index (χ1n) is 8.62. The van der Waals surface area contributed by atoms with Gasteiger partial charge in [0.05, 0.1) is 11.6 Å². The van der Waals surface area contributed by atoms with E-state index < -0.39 is 30.2 Å². The number of amides is 2. The lowest BCUT2D eigenvalue weighted by atomic mass is 10.1. The van der Waals surface area contributed by atoms with Crippen molar-refractivity contribution in [2.24, 2.45) is 5.92 Å². The smallest absolute Gasteiger partial charge is 0.311 e. The highest BCUT2D eigenvalue weighted by atomic mass is 79.9. The first-order chi connectivity index (χ1) is 13.3. The van der Waals surface area contributed by atoms with Gasteiger partial charge in [0.25, 0.3) is 5.91 Å². The van der Waals surface area contributed by atoms with E-state index in [4.69, 9.17) is 4.74 Å². The number of hydrogen-bond donors (Lipinski definition) is 1. The molecule has 0 aromatic heterocycles. The summed E-state index contributed by atoms with van der Waals surface area (Å²) in [6.07, 6.45) is 0.0235. The van der Waals surface area contributed by atoms with Crippen molar-refractivity contribution in [2.45, 2.75) is 13.3 Å². The zero-order valence-corrected chi connectivity index (χ0v) is 16.7. The lowest BCUT2D eigenvalue weighted by Crippen LogP contribution is -2.28. The maximum Gasteiger partial charge on any atom is 0.311 e. The molecule has 6 nitrogen and oxygen atoms in total. The minimum atomic E-state index is -0.658. The molecule has 0 saturated carbocycles. The van der Waals surface area contributed by atoms with Crippen LogP contribution in [-0.2, 0) is 19.1 Å². The Kier molecular flexibility index (Phi) is 6.08. The van der Waals surface area contributed by atoms with E-state index in [0.29, 0.717) is 10.2 Å². The quantitative estimate of drug-likeness (QED) is 0.710. The SMILES string of the molecule is Cc1ccc(N2C[C@H](C(=O)OCC(=O)Nc3ccc(Br)cc3F)CC2=O)cc1. The molecule has 1 saturated heterocycles. The second-order valence-electron chi connectivity index (χ2n) is 6.52. The summed E-state index contributed by atoms with van der Waals surface area (Å²) in [5.41, 5.74) is 1.78. The zero-order chi connectivity index (χ0) is 20.3. The van der Waals surface area contributed by atoms with Crippen molar-refractivity contribution in [3.05, 3.63) is 58.3 Å². The van der Waals surface area contributed by atoms with Crippen LogP contribution in [0.3, 0.4) is 0 Å². The van der Waals surface area contributed by atoms with Gasteiger partial charge in [-0.2, -0.15) is 0 Å². The summed E-state index contributed by atoms with van der Waals surface area (Å²) < 4.78 is 19.3. The number of aryl methyl sites for hydroxylation is 1. The van der Waals surface area contributed by atoms with Gasteiger partial charge in [-0.1, -0.05) is 33.6 Å². The largest absolute Gasteiger partial charge is 0.455 e. The van der Waals surface area contributed by atoms with E-state index in [0.717, 1.165) is 5.56 Å². The Bertz CT molecular complexity index is 917. The van der Waals surface area contributed by atoms with Crippen LogP contribution in [0.1, 0.15) is 12.0 Å². The molecular weight excluding hydrogens is 431 g/mol. The number of ether oxygens (including phenoxy) is 1. The molecule has 2 amide bonds. The number of carbonyl (C=O) groups is 3. The number of hydrogen-bond acceptors (Lipinski definition) is 4. The Labute approximate surface area is 169 Å². The first-order valence-corrected chi connectivity index (χ1v) is 9.41. The van der Waals surface area contributed by atoms with Crippen LogP contribution in [-0.4, -0.2) is 30.9 Å². The maximum atomic E-state index is 13.7. The first kappa shape index (κ1) is 20.0. The molecule has 8 heteroatoms. The van der Waals surface area contributed by atoms with Gasteiger partial charge in [-0.15, -0.1) is 0 Å². The van der Waals surface area contributed by atoms with E-state index in [1.54, 1.807) is 6.07 Å². The maximum absolute atomic E-state index is 13.7. The highest BCUT2D eigenvalue weighted by Crippen LogP contribution is 2.26. The third kappa shape index (κ3) is 4.75. The van der Waals surface area contributed by atoms with Gasteiger partial charge in [0.2, 0.25) is 5.91 Å². The molecule has 0 aliphatic carbocycles. The van der Waals surface area contributed by atoms with Crippen molar-refractivity contribution in [3.63, 3.8) is 0 Å². The molecule has 28 heavy (non-hydrogen) atoms. The number of carbonyl (C=O) groups excluding carboxylic acids is 3. The van der Waals surface area contributed by atoms with E-state index in [-0.39, 0.29) is 24.6 Å². The van der Waals surface area contributed by atoms with Gasteiger partial charge < -0.3 is 15.0 Å². The molecule has 0 spiro atoms. The van der Waals surface area contributed by atoms with Crippen molar-refractivity contribution < 1.29 is 23.5 Å². The minimum Gasteiger partial charge on any atom is -0.455 e. The number of esters is 1. The average Bonchev–Trinajstić information content (AvgIpc) is 3.04. The molecule has 0 unspecified atom stereocenters. The van der Waals surface area contributed by atoms with Crippen LogP contribution in [0.2, 0.25) is 0 Å². The topological polar surface area (TPSA) is 75.7 Å². The predicted molar refractivity (Wildman–Crippen MR) is 105 cm³/mol. The number of nitrogens with zero attached hydrogens (tertiary/aromatic N) is 1. The van der Waals surface area contributed by atoms with Crippen LogP contribution in [0.25, 0.3) is 0 Å². The van der Waals surface area contributed by atoms with Gasteiger partial charge in [0.1, 0.15) is 5.82 Å². The molecular formula is C20H18BrFN2O4. The summed E-state index contributed by atoms with van der Waals surface area (Å²) in [5, 5.41) is 2.34. The number of benzene rings is 2. The molecule has 1 atom stereocenters. The highest BCUT2D eigenvalue weighted by molar-refractivity contribution is 9.10. The molecule has 0 bridgehead atoms. The third-order valence-electron chi connectivity index (χ3n) is 4.35. The van der Waals surface area contributed by atoms with Crippen LogP contribution in [0, 0.1) is 18.7 Å². The molecule has 1 N–H and O–H groups in total. The molecule has 1 aliphatic heterocycles. The van der Waals surface area contributed by atoms with Crippen LogP contribution >= 0.6 is 15.9 Å². The van der Waals surface area contributed by atoms with E-state index in [9.17, 15) is 18.8 Å². The minimum absolute atomic E-state index is 0.00848. The fraction of sp³-hybridized carbons (Fsp3) is 0.250. The molecule has 146 valence electrons. The second kappa shape index (κ2) is 8.52. The van der Waals surface area contributed by atoms with Crippen molar-refractivity contribution in [1.29, 1.82) is 0 Å². The summed E-state index contributed by atoms with van der Waals surface area (Å²) in [6, 6.07) is 11.6. The van der Waals surface area contributed by atoms with Crippen molar-refractivity contribution in [2.75, 3.05) is 23.4 Å². The fourth-order valence-electron chi connectivity index (χ4n) is 2.87. The van der Waals surface area contributed by atoms with E-state index in [1.165, 1.54) is 17.0 Å². The van der Waals surface area contributed by atoms with Gasteiger partial charge >= 0.3 is 5.97 Å². The Morgan fingerprint density at radius 1 is 1.25 bits per heavy atom. The van der Waals surface area contributed by atoms with Crippen LogP contribution < -0.4 is 10.2 Å². The molecule has 1 fully saturated rings. The lowest BCUT2D eigenvalue weighted by molar-refractivity contribution is -0.151. The van der Waals surface area contributed by atoms with E-state index >= 15 is 0 Å². The summed E-state index contributed by atoms with van der Waals surface area (Å²) in [6.45, 7) is 1.59. The molecule has 0 radical (unpaired) electrons. The number of anilines is 2. The Hall–Kier alpha value is -2.74. The van der Waals surface area contributed by atoms with Crippen LogP contribution in [0.4, 0.5) is 15.8 Å².